The molecule has 0 spiro atoms. The van der Waals surface area contributed by atoms with E-state index < -0.39 is 34.1 Å². The van der Waals surface area contributed by atoms with E-state index in [9.17, 15) is 18.0 Å². The second-order valence-electron chi connectivity index (χ2n) is 9.29. The third kappa shape index (κ3) is 7.89. The van der Waals surface area contributed by atoms with Gasteiger partial charge in [-0.15, -0.1) is 0 Å². The number of hydrogen-bond donors (Lipinski definition) is 1. The minimum atomic E-state index is -3.85. The van der Waals surface area contributed by atoms with Crippen LogP contribution in [0.25, 0.3) is 0 Å². The van der Waals surface area contributed by atoms with Crippen LogP contribution in [0, 0.1) is 6.92 Å². The van der Waals surface area contributed by atoms with Crippen LogP contribution in [0.5, 0.6) is 0 Å². The highest BCUT2D eigenvalue weighted by molar-refractivity contribution is 7.92. The molecular formula is C24H31Cl2N3O4S. The molecule has 1 unspecified atom stereocenters. The Labute approximate surface area is 212 Å². The van der Waals surface area contributed by atoms with Gasteiger partial charge in [-0.1, -0.05) is 53.0 Å². The molecule has 34 heavy (non-hydrogen) atoms. The minimum absolute atomic E-state index is 0.137. The number of carbonyl (C=O) groups excluding carboxylic acids is 2. The second kappa shape index (κ2) is 11.0. The number of nitrogens with zero attached hydrogens (tertiary/aromatic N) is 2. The average Bonchev–Trinajstić information content (AvgIpc) is 2.69. The molecule has 0 aliphatic rings. The summed E-state index contributed by atoms with van der Waals surface area (Å²) in [7, 11) is -3.85. The number of anilines is 1. The van der Waals surface area contributed by atoms with Crippen molar-refractivity contribution in [3.8, 4) is 0 Å². The van der Waals surface area contributed by atoms with Crippen molar-refractivity contribution >= 4 is 50.7 Å². The maximum atomic E-state index is 13.5. The third-order valence-corrected chi connectivity index (χ3v) is 6.85. The number of aryl methyl sites for hydroxylation is 1. The summed E-state index contributed by atoms with van der Waals surface area (Å²) in [5, 5.41) is 3.31. The van der Waals surface area contributed by atoms with Crippen LogP contribution in [0.3, 0.4) is 0 Å². The Bertz CT molecular complexity index is 1160. The monoisotopic (exact) mass is 527 g/mol. The van der Waals surface area contributed by atoms with Crippen molar-refractivity contribution in [3.05, 3.63) is 63.6 Å². The Balaban J connectivity index is 2.43. The fourth-order valence-electron chi connectivity index (χ4n) is 3.32. The van der Waals surface area contributed by atoms with Gasteiger partial charge in [0.25, 0.3) is 0 Å². The van der Waals surface area contributed by atoms with Crippen LogP contribution in [0.15, 0.2) is 42.5 Å². The summed E-state index contributed by atoms with van der Waals surface area (Å²) in [5.41, 5.74) is 1.53. The van der Waals surface area contributed by atoms with Crippen molar-refractivity contribution in [2.75, 3.05) is 17.1 Å². The Morgan fingerprint density at radius 1 is 1.06 bits per heavy atom. The van der Waals surface area contributed by atoms with Crippen LogP contribution in [0.2, 0.25) is 10.0 Å². The van der Waals surface area contributed by atoms with Crippen LogP contribution in [-0.2, 0) is 26.2 Å². The molecule has 0 saturated heterocycles. The lowest BCUT2D eigenvalue weighted by molar-refractivity contribution is -0.140. The van der Waals surface area contributed by atoms with Crippen molar-refractivity contribution in [3.63, 3.8) is 0 Å². The Kier molecular flexibility index (Phi) is 9.02. The van der Waals surface area contributed by atoms with Crippen molar-refractivity contribution in [1.29, 1.82) is 0 Å². The van der Waals surface area contributed by atoms with Gasteiger partial charge >= 0.3 is 0 Å². The molecule has 0 bridgehead atoms. The van der Waals surface area contributed by atoms with Gasteiger partial charge in [0.1, 0.15) is 12.6 Å². The highest BCUT2D eigenvalue weighted by Gasteiger charge is 2.31. The maximum Gasteiger partial charge on any atom is 0.244 e. The van der Waals surface area contributed by atoms with Gasteiger partial charge in [-0.3, -0.25) is 13.9 Å². The van der Waals surface area contributed by atoms with E-state index in [-0.39, 0.29) is 28.2 Å². The van der Waals surface area contributed by atoms with Crippen molar-refractivity contribution in [2.24, 2.45) is 0 Å². The first-order valence-corrected chi connectivity index (χ1v) is 13.3. The van der Waals surface area contributed by atoms with Crippen LogP contribution >= 0.6 is 23.2 Å². The lowest BCUT2D eigenvalue weighted by Crippen LogP contribution is -2.54. The van der Waals surface area contributed by atoms with E-state index in [1.54, 1.807) is 6.92 Å². The summed E-state index contributed by atoms with van der Waals surface area (Å²) >= 11 is 12.0. The summed E-state index contributed by atoms with van der Waals surface area (Å²) in [6, 6.07) is 11.1. The average molecular weight is 529 g/mol. The van der Waals surface area contributed by atoms with Gasteiger partial charge in [0, 0.05) is 12.1 Å². The Morgan fingerprint density at radius 3 is 2.24 bits per heavy atom. The second-order valence-corrected chi connectivity index (χ2v) is 12.0. The smallest absolute Gasteiger partial charge is 0.244 e. The number of rotatable bonds is 8. The molecule has 0 aliphatic heterocycles. The van der Waals surface area contributed by atoms with Crippen LogP contribution in [0.4, 0.5) is 5.69 Å². The topological polar surface area (TPSA) is 86.8 Å². The number of amides is 2. The molecule has 2 aromatic rings. The third-order valence-electron chi connectivity index (χ3n) is 4.97. The van der Waals surface area contributed by atoms with Gasteiger partial charge in [0.05, 0.1) is 22.0 Å². The summed E-state index contributed by atoms with van der Waals surface area (Å²) in [6.07, 6.45) is 1.00. The molecule has 10 heteroatoms. The van der Waals surface area contributed by atoms with Crippen LogP contribution in [0.1, 0.15) is 38.8 Å². The normalized spacial score (nSPS) is 12.7. The predicted octanol–water partition coefficient (Wildman–Crippen LogP) is 4.40. The Morgan fingerprint density at radius 2 is 1.71 bits per heavy atom. The SMILES string of the molecule is Cc1cccc(CN(C(=O)CN(c2ccc(Cl)c(Cl)c2)S(C)(=O)=O)C(C)C(=O)NC(C)(C)C)c1. The first-order valence-electron chi connectivity index (χ1n) is 10.7. The van der Waals surface area contributed by atoms with Crippen molar-refractivity contribution in [2.45, 2.75) is 52.7 Å². The van der Waals surface area contributed by atoms with Gasteiger partial charge in [-0.25, -0.2) is 8.42 Å². The molecule has 0 heterocycles. The zero-order valence-corrected chi connectivity index (χ0v) is 22.6. The van der Waals surface area contributed by atoms with E-state index in [2.05, 4.69) is 5.32 Å². The molecule has 0 aliphatic carbocycles. The van der Waals surface area contributed by atoms with Crippen molar-refractivity contribution in [1.82, 2.24) is 10.2 Å². The molecule has 2 aromatic carbocycles. The molecule has 2 rings (SSSR count). The zero-order chi connectivity index (χ0) is 25.8. The maximum absolute atomic E-state index is 13.5. The van der Waals surface area contributed by atoms with Gasteiger partial charge < -0.3 is 10.2 Å². The first kappa shape index (κ1) is 28.0. The molecule has 0 radical (unpaired) electrons. The van der Waals surface area contributed by atoms with Gasteiger partial charge in [-0.2, -0.15) is 0 Å². The number of sulfonamides is 1. The molecule has 1 atom stereocenters. The van der Waals surface area contributed by atoms with Gasteiger partial charge in [0.2, 0.25) is 21.8 Å². The highest BCUT2D eigenvalue weighted by Crippen LogP contribution is 2.28. The number of carbonyl (C=O) groups is 2. The molecule has 0 aromatic heterocycles. The van der Waals surface area contributed by atoms with Crippen LogP contribution < -0.4 is 9.62 Å². The molecule has 0 saturated carbocycles. The molecule has 186 valence electrons. The summed E-state index contributed by atoms with van der Waals surface area (Å²) in [5.74, 6) is -0.872. The first-order chi connectivity index (χ1) is 15.6. The lowest BCUT2D eigenvalue weighted by atomic mass is 10.1. The molecule has 1 N–H and O–H groups in total. The zero-order valence-electron chi connectivity index (χ0n) is 20.2. The summed E-state index contributed by atoms with van der Waals surface area (Å²) < 4.78 is 26.1. The number of benzene rings is 2. The number of halogens is 2. The molecule has 0 fully saturated rings. The van der Waals surface area contributed by atoms with E-state index in [4.69, 9.17) is 23.2 Å². The minimum Gasteiger partial charge on any atom is -0.350 e. The lowest BCUT2D eigenvalue weighted by Gasteiger charge is -2.33. The Hall–Kier alpha value is -2.29. The number of hydrogen-bond acceptors (Lipinski definition) is 4. The highest BCUT2D eigenvalue weighted by atomic mass is 35.5. The summed E-state index contributed by atoms with van der Waals surface area (Å²) in [6.45, 7) is 8.73. The van der Waals surface area contributed by atoms with Crippen LogP contribution in [-0.4, -0.2) is 49.5 Å². The van der Waals surface area contributed by atoms with E-state index in [0.29, 0.717) is 0 Å². The van der Waals surface area contributed by atoms with Gasteiger partial charge in [-0.05, 0) is 58.4 Å². The predicted molar refractivity (Wildman–Crippen MR) is 138 cm³/mol. The number of nitrogens with one attached hydrogen (secondary N) is 1. The standard InChI is InChI=1S/C24H31Cl2N3O4S/c1-16-8-7-9-18(12-16)14-28(17(2)23(31)27-24(3,4)5)22(30)15-29(34(6,32)33)19-10-11-20(25)21(26)13-19/h7-13,17H,14-15H2,1-6H3,(H,27,31). The van der Waals surface area contributed by atoms with E-state index >= 15 is 0 Å². The fraction of sp³-hybridized carbons (Fsp3) is 0.417. The van der Waals surface area contributed by atoms with E-state index in [1.807, 2.05) is 52.0 Å². The fourth-order valence-corrected chi connectivity index (χ4v) is 4.45. The largest absolute Gasteiger partial charge is 0.350 e. The summed E-state index contributed by atoms with van der Waals surface area (Å²) in [4.78, 5) is 27.8. The molecular weight excluding hydrogens is 497 g/mol. The van der Waals surface area contributed by atoms with Crippen molar-refractivity contribution < 1.29 is 18.0 Å². The molecule has 2 amide bonds. The van der Waals surface area contributed by atoms with Gasteiger partial charge in [0.15, 0.2) is 0 Å². The molecule has 7 nitrogen and oxygen atoms in total. The quantitative estimate of drug-likeness (QED) is 0.551. The van der Waals surface area contributed by atoms with E-state index in [1.165, 1.54) is 23.1 Å². The van der Waals surface area contributed by atoms with E-state index in [0.717, 1.165) is 21.7 Å².